The van der Waals surface area contributed by atoms with Crippen LogP contribution in [0.15, 0.2) is 18.2 Å². The normalized spacial score (nSPS) is 11.0. The predicted octanol–water partition coefficient (Wildman–Crippen LogP) is 3.62. The quantitative estimate of drug-likeness (QED) is 0.724. The van der Waals surface area contributed by atoms with Crippen molar-refractivity contribution < 1.29 is 4.39 Å². The van der Waals surface area contributed by atoms with Gasteiger partial charge in [-0.05, 0) is 37.1 Å². The molecule has 1 unspecified atom stereocenters. The third-order valence-electron chi connectivity index (χ3n) is 2.90. The molecule has 2 rings (SSSR count). The Morgan fingerprint density at radius 2 is 2.12 bits per heavy atom. The summed E-state index contributed by atoms with van der Waals surface area (Å²) in [5, 5.41) is 1.07. The van der Waals surface area contributed by atoms with Gasteiger partial charge in [-0.25, -0.2) is 4.39 Å². The van der Waals surface area contributed by atoms with Crippen LogP contribution in [0.2, 0.25) is 0 Å². The fourth-order valence-corrected chi connectivity index (χ4v) is 2.14. The van der Waals surface area contributed by atoms with Gasteiger partial charge in [-0.2, -0.15) is 0 Å². The van der Waals surface area contributed by atoms with E-state index in [1.807, 2.05) is 6.07 Å². The van der Waals surface area contributed by atoms with Gasteiger partial charge in [0.25, 0.3) is 0 Å². The van der Waals surface area contributed by atoms with Crippen molar-refractivity contribution >= 4 is 20.1 Å². The SMILES string of the molecule is CCc1cc(CP)nc2c(C)c(F)ccc12. The number of aryl methyl sites for hydroxylation is 2. The van der Waals surface area contributed by atoms with E-state index in [-0.39, 0.29) is 5.82 Å². The molecule has 1 nitrogen and oxygen atoms in total. The van der Waals surface area contributed by atoms with Crippen molar-refractivity contribution in [3.8, 4) is 0 Å². The zero-order chi connectivity index (χ0) is 11.7. The van der Waals surface area contributed by atoms with Gasteiger partial charge in [0.05, 0.1) is 5.52 Å². The molecule has 84 valence electrons. The van der Waals surface area contributed by atoms with Gasteiger partial charge in [-0.1, -0.05) is 6.92 Å². The Bertz CT molecular complexity index is 537. The van der Waals surface area contributed by atoms with Crippen molar-refractivity contribution in [2.24, 2.45) is 0 Å². The lowest BCUT2D eigenvalue weighted by Gasteiger charge is -2.09. The predicted molar refractivity (Wildman–Crippen MR) is 69.2 cm³/mol. The smallest absolute Gasteiger partial charge is 0.128 e. The molecule has 0 aliphatic carbocycles. The molecule has 0 amide bonds. The molecule has 0 N–H and O–H groups in total. The number of nitrogens with zero attached hydrogens (tertiary/aromatic N) is 1. The Labute approximate surface area is 97.3 Å². The van der Waals surface area contributed by atoms with Gasteiger partial charge in [0, 0.05) is 22.8 Å². The first-order valence-corrected chi connectivity index (χ1v) is 6.26. The molecule has 0 bridgehead atoms. The average molecular weight is 235 g/mol. The zero-order valence-corrected chi connectivity index (χ0v) is 10.7. The van der Waals surface area contributed by atoms with E-state index >= 15 is 0 Å². The molecule has 16 heavy (non-hydrogen) atoms. The van der Waals surface area contributed by atoms with Gasteiger partial charge in [0.2, 0.25) is 0 Å². The minimum Gasteiger partial charge on any atom is -0.252 e. The molecule has 1 aromatic carbocycles. The molecular formula is C13H15FNP. The van der Waals surface area contributed by atoms with Crippen molar-refractivity contribution in [3.05, 3.63) is 40.8 Å². The van der Waals surface area contributed by atoms with Crippen molar-refractivity contribution in [2.75, 3.05) is 0 Å². The van der Waals surface area contributed by atoms with Gasteiger partial charge in [-0.3, -0.25) is 4.98 Å². The molecule has 1 atom stereocenters. The Hall–Kier alpha value is -1.01. The molecule has 3 heteroatoms. The van der Waals surface area contributed by atoms with E-state index in [1.54, 1.807) is 6.92 Å². The van der Waals surface area contributed by atoms with Crippen molar-refractivity contribution in [1.82, 2.24) is 4.98 Å². The Morgan fingerprint density at radius 1 is 1.38 bits per heavy atom. The fraction of sp³-hybridized carbons (Fsp3) is 0.308. The van der Waals surface area contributed by atoms with Crippen LogP contribution in [0.1, 0.15) is 23.7 Å². The van der Waals surface area contributed by atoms with Crippen LogP contribution in [0.5, 0.6) is 0 Å². The molecule has 0 radical (unpaired) electrons. The van der Waals surface area contributed by atoms with Gasteiger partial charge in [0.15, 0.2) is 0 Å². The lowest BCUT2D eigenvalue weighted by molar-refractivity contribution is 0.620. The second-order valence-electron chi connectivity index (χ2n) is 3.90. The average Bonchev–Trinajstić information content (AvgIpc) is 2.32. The lowest BCUT2D eigenvalue weighted by atomic mass is 10.0. The molecule has 0 aliphatic rings. The highest BCUT2D eigenvalue weighted by molar-refractivity contribution is 7.15. The highest BCUT2D eigenvalue weighted by Gasteiger charge is 2.08. The van der Waals surface area contributed by atoms with Crippen LogP contribution in [-0.4, -0.2) is 4.98 Å². The minimum absolute atomic E-state index is 0.178. The molecule has 2 aromatic rings. The maximum Gasteiger partial charge on any atom is 0.128 e. The molecule has 1 heterocycles. The third kappa shape index (κ3) is 1.82. The Morgan fingerprint density at radius 3 is 2.75 bits per heavy atom. The summed E-state index contributed by atoms with van der Waals surface area (Å²) in [5.74, 6) is -0.178. The number of hydrogen-bond donors (Lipinski definition) is 0. The number of pyridine rings is 1. The second-order valence-corrected chi connectivity index (χ2v) is 4.31. The minimum atomic E-state index is -0.178. The Kier molecular flexibility index (Phi) is 3.20. The van der Waals surface area contributed by atoms with E-state index < -0.39 is 0 Å². The van der Waals surface area contributed by atoms with Crippen LogP contribution in [0.4, 0.5) is 4.39 Å². The topological polar surface area (TPSA) is 12.9 Å². The molecule has 0 aliphatic heterocycles. The van der Waals surface area contributed by atoms with Crippen LogP contribution < -0.4 is 0 Å². The summed E-state index contributed by atoms with van der Waals surface area (Å²) in [6, 6.07) is 5.46. The van der Waals surface area contributed by atoms with Gasteiger partial charge in [0.1, 0.15) is 5.82 Å². The third-order valence-corrected chi connectivity index (χ3v) is 3.32. The van der Waals surface area contributed by atoms with Crippen LogP contribution in [-0.2, 0) is 12.6 Å². The van der Waals surface area contributed by atoms with Crippen LogP contribution in [0.3, 0.4) is 0 Å². The van der Waals surface area contributed by atoms with Crippen LogP contribution in [0.25, 0.3) is 10.9 Å². The molecule has 0 spiro atoms. The summed E-state index contributed by atoms with van der Waals surface area (Å²) in [4.78, 5) is 4.50. The molecule has 0 saturated carbocycles. The number of halogens is 1. The Balaban J connectivity index is 2.84. The van der Waals surface area contributed by atoms with Crippen LogP contribution in [0, 0.1) is 12.7 Å². The number of rotatable bonds is 2. The van der Waals surface area contributed by atoms with Crippen molar-refractivity contribution in [3.63, 3.8) is 0 Å². The molecule has 0 saturated heterocycles. The molecule has 0 fully saturated rings. The fourth-order valence-electron chi connectivity index (χ4n) is 1.93. The van der Waals surface area contributed by atoms with E-state index in [1.165, 1.54) is 11.6 Å². The molecule has 1 aromatic heterocycles. The maximum absolute atomic E-state index is 13.5. The van der Waals surface area contributed by atoms with Gasteiger partial charge >= 0.3 is 0 Å². The monoisotopic (exact) mass is 235 g/mol. The first kappa shape index (κ1) is 11.5. The highest BCUT2D eigenvalue weighted by Crippen LogP contribution is 2.24. The van der Waals surface area contributed by atoms with E-state index in [2.05, 4.69) is 27.2 Å². The number of hydrogen-bond acceptors (Lipinski definition) is 1. The van der Waals surface area contributed by atoms with Crippen molar-refractivity contribution in [1.29, 1.82) is 0 Å². The van der Waals surface area contributed by atoms with Crippen LogP contribution >= 0.6 is 9.24 Å². The summed E-state index contributed by atoms with van der Waals surface area (Å²) in [7, 11) is 2.66. The maximum atomic E-state index is 13.5. The van der Waals surface area contributed by atoms with E-state index in [9.17, 15) is 4.39 Å². The number of aromatic nitrogens is 1. The summed E-state index contributed by atoms with van der Waals surface area (Å²) in [5.41, 5.74) is 3.69. The number of fused-ring (bicyclic) bond motifs is 1. The van der Waals surface area contributed by atoms with Gasteiger partial charge in [-0.15, -0.1) is 9.24 Å². The highest BCUT2D eigenvalue weighted by atomic mass is 31.0. The first-order valence-electron chi connectivity index (χ1n) is 5.45. The summed E-state index contributed by atoms with van der Waals surface area (Å²) in [6.45, 7) is 3.90. The summed E-state index contributed by atoms with van der Waals surface area (Å²) in [6.07, 6.45) is 1.75. The summed E-state index contributed by atoms with van der Waals surface area (Å²) < 4.78 is 13.5. The standard InChI is InChI=1S/C13H15FNP/c1-3-9-6-10(7-16)15-13-8(2)12(14)5-4-11(9)13/h4-6H,3,7,16H2,1-2H3. The molecular weight excluding hydrogens is 220 g/mol. The number of benzene rings is 1. The lowest BCUT2D eigenvalue weighted by Crippen LogP contribution is -1.96. The van der Waals surface area contributed by atoms with E-state index in [0.717, 1.165) is 29.2 Å². The van der Waals surface area contributed by atoms with Crippen molar-refractivity contribution in [2.45, 2.75) is 26.4 Å². The van der Waals surface area contributed by atoms with Gasteiger partial charge < -0.3 is 0 Å². The first-order chi connectivity index (χ1) is 7.67. The summed E-state index contributed by atoms with van der Waals surface area (Å²) >= 11 is 0. The second kappa shape index (κ2) is 4.47. The van der Waals surface area contributed by atoms with E-state index in [0.29, 0.717) is 5.56 Å². The largest absolute Gasteiger partial charge is 0.252 e. The van der Waals surface area contributed by atoms with E-state index in [4.69, 9.17) is 0 Å². The zero-order valence-electron chi connectivity index (χ0n) is 9.55.